The molecule has 4 nitrogen and oxygen atoms in total. The smallest absolute Gasteiger partial charge is 0.271 e. The molecule has 1 aromatic carbocycles. The van der Waals surface area contributed by atoms with Crippen LogP contribution in [0.3, 0.4) is 0 Å². The van der Waals surface area contributed by atoms with Crippen molar-refractivity contribution in [3.63, 3.8) is 0 Å². The number of fused-ring (bicyclic) bond motifs is 1. The maximum absolute atomic E-state index is 11.5. The molecule has 0 amide bonds. The molecule has 76 valence electrons. The number of hydrogen-bond donors (Lipinski definition) is 1. The van der Waals surface area contributed by atoms with Crippen molar-refractivity contribution in [1.29, 1.82) is 0 Å². The maximum atomic E-state index is 11.5. The molecular weight excluding hydrogens is 190 g/mol. The summed E-state index contributed by atoms with van der Waals surface area (Å²) in [6.07, 6.45) is 1.84. The van der Waals surface area contributed by atoms with E-state index in [1.165, 1.54) is 5.56 Å². The van der Waals surface area contributed by atoms with Crippen molar-refractivity contribution >= 4 is 0 Å². The average Bonchev–Trinajstić information content (AvgIpc) is 2.84. The molecule has 0 unspecified atom stereocenters. The number of benzene rings is 1. The van der Waals surface area contributed by atoms with Crippen LogP contribution in [0.25, 0.3) is 0 Å². The summed E-state index contributed by atoms with van der Waals surface area (Å²) < 4.78 is 1.76. The third-order valence-corrected chi connectivity index (χ3v) is 2.91. The first-order valence-electron chi connectivity index (χ1n) is 5.07. The fourth-order valence-corrected chi connectivity index (χ4v) is 2.22. The van der Waals surface area contributed by atoms with Crippen LogP contribution in [0.1, 0.15) is 23.9 Å². The maximum Gasteiger partial charge on any atom is 0.343 e. The molecule has 4 heteroatoms. The highest BCUT2D eigenvalue weighted by Gasteiger charge is 2.26. The molecule has 0 radical (unpaired) electrons. The Morgan fingerprint density at radius 2 is 2.13 bits per heavy atom. The van der Waals surface area contributed by atoms with Crippen LogP contribution in [0.2, 0.25) is 0 Å². The molecule has 1 atom stereocenters. The summed E-state index contributed by atoms with van der Waals surface area (Å²) in [6, 6.07) is 10.2. The van der Waals surface area contributed by atoms with E-state index in [-0.39, 0.29) is 11.7 Å². The number of rotatable bonds is 1. The van der Waals surface area contributed by atoms with E-state index in [9.17, 15) is 4.79 Å². The van der Waals surface area contributed by atoms with Gasteiger partial charge >= 0.3 is 5.69 Å². The molecule has 1 aromatic heterocycles. The fraction of sp³-hybridized carbons (Fsp3) is 0.273. The molecule has 15 heavy (non-hydrogen) atoms. The van der Waals surface area contributed by atoms with Crippen LogP contribution in [0.4, 0.5) is 0 Å². The van der Waals surface area contributed by atoms with Crippen molar-refractivity contribution in [3.8, 4) is 0 Å². The average molecular weight is 201 g/mol. The zero-order chi connectivity index (χ0) is 10.3. The Balaban J connectivity index is 2.11. The van der Waals surface area contributed by atoms with Gasteiger partial charge in [-0.05, 0) is 12.0 Å². The van der Waals surface area contributed by atoms with Crippen molar-refractivity contribution in [2.45, 2.75) is 18.9 Å². The molecule has 3 rings (SSSR count). The second-order valence-electron chi connectivity index (χ2n) is 3.78. The molecule has 0 fully saturated rings. The minimum Gasteiger partial charge on any atom is -0.271 e. The van der Waals surface area contributed by atoms with Crippen LogP contribution in [0.5, 0.6) is 0 Å². The molecule has 0 saturated heterocycles. The molecule has 1 N–H and O–H groups in total. The zero-order valence-electron chi connectivity index (χ0n) is 8.18. The van der Waals surface area contributed by atoms with Crippen LogP contribution >= 0.6 is 0 Å². The summed E-state index contributed by atoms with van der Waals surface area (Å²) >= 11 is 0. The number of aromatic amines is 1. The van der Waals surface area contributed by atoms with Crippen molar-refractivity contribution in [2.24, 2.45) is 0 Å². The van der Waals surface area contributed by atoms with E-state index < -0.39 is 0 Å². The van der Waals surface area contributed by atoms with Crippen LogP contribution in [0.15, 0.2) is 35.1 Å². The van der Waals surface area contributed by atoms with Gasteiger partial charge in [-0.1, -0.05) is 30.3 Å². The first kappa shape index (κ1) is 8.47. The number of nitrogens with zero attached hydrogens (tertiary/aromatic N) is 2. The largest absolute Gasteiger partial charge is 0.343 e. The lowest BCUT2D eigenvalue weighted by molar-refractivity contribution is 0.598. The van der Waals surface area contributed by atoms with Crippen molar-refractivity contribution in [3.05, 3.63) is 52.2 Å². The fourth-order valence-electron chi connectivity index (χ4n) is 2.22. The van der Waals surface area contributed by atoms with Crippen molar-refractivity contribution in [1.82, 2.24) is 14.8 Å². The molecule has 0 spiro atoms. The van der Waals surface area contributed by atoms with Gasteiger partial charge in [-0.3, -0.25) is 4.57 Å². The van der Waals surface area contributed by atoms with E-state index in [0.29, 0.717) is 0 Å². The standard InChI is InChI=1S/C11H11N3O/c15-11-13-12-10-7-6-9(14(10)11)8-4-2-1-3-5-8/h1-5,9H,6-7H2,(H,13,15)/t9-/m0/s1. The summed E-state index contributed by atoms with van der Waals surface area (Å²) in [4.78, 5) is 11.5. The molecule has 2 heterocycles. The van der Waals surface area contributed by atoms with E-state index in [2.05, 4.69) is 22.3 Å². The van der Waals surface area contributed by atoms with Crippen molar-refractivity contribution in [2.75, 3.05) is 0 Å². The van der Waals surface area contributed by atoms with Gasteiger partial charge in [0, 0.05) is 6.42 Å². The minimum absolute atomic E-state index is 0.101. The summed E-state index contributed by atoms with van der Waals surface area (Å²) in [5, 5.41) is 6.49. The van der Waals surface area contributed by atoms with Gasteiger partial charge < -0.3 is 0 Å². The lowest BCUT2D eigenvalue weighted by Gasteiger charge is -2.11. The Hall–Kier alpha value is -1.84. The van der Waals surface area contributed by atoms with Gasteiger partial charge in [0.1, 0.15) is 5.82 Å². The first-order valence-corrected chi connectivity index (χ1v) is 5.07. The normalized spacial score (nSPS) is 19.1. The van der Waals surface area contributed by atoms with Crippen molar-refractivity contribution < 1.29 is 0 Å². The number of nitrogens with one attached hydrogen (secondary N) is 1. The molecule has 0 bridgehead atoms. The molecular formula is C11H11N3O. The summed E-state index contributed by atoms with van der Waals surface area (Å²) in [7, 11) is 0. The van der Waals surface area contributed by atoms with E-state index in [0.717, 1.165) is 18.7 Å². The number of hydrogen-bond acceptors (Lipinski definition) is 2. The molecule has 1 aliphatic heterocycles. The second kappa shape index (κ2) is 3.08. The van der Waals surface area contributed by atoms with E-state index in [1.807, 2.05) is 18.2 Å². The van der Waals surface area contributed by atoms with Crippen LogP contribution in [-0.2, 0) is 6.42 Å². The molecule has 0 saturated carbocycles. The Morgan fingerprint density at radius 1 is 1.33 bits per heavy atom. The Morgan fingerprint density at radius 3 is 2.93 bits per heavy atom. The predicted molar refractivity (Wildman–Crippen MR) is 55.7 cm³/mol. The van der Waals surface area contributed by atoms with E-state index >= 15 is 0 Å². The van der Waals surface area contributed by atoms with Crippen LogP contribution < -0.4 is 5.69 Å². The lowest BCUT2D eigenvalue weighted by atomic mass is 10.1. The number of H-pyrrole nitrogens is 1. The van der Waals surface area contributed by atoms with Gasteiger partial charge in [-0.15, -0.1) is 0 Å². The highest BCUT2D eigenvalue weighted by atomic mass is 16.1. The van der Waals surface area contributed by atoms with Gasteiger partial charge in [-0.25, -0.2) is 9.89 Å². The third kappa shape index (κ3) is 1.21. The van der Waals surface area contributed by atoms with Gasteiger partial charge in [-0.2, -0.15) is 5.10 Å². The zero-order valence-corrected chi connectivity index (χ0v) is 8.18. The number of aromatic nitrogens is 3. The third-order valence-electron chi connectivity index (χ3n) is 2.91. The number of aryl methyl sites for hydroxylation is 1. The predicted octanol–water partition coefficient (Wildman–Crippen LogP) is 1.11. The second-order valence-corrected chi connectivity index (χ2v) is 3.78. The molecule has 2 aromatic rings. The molecule has 0 aliphatic carbocycles. The van der Waals surface area contributed by atoms with E-state index in [4.69, 9.17) is 0 Å². The SMILES string of the molecule is O=c1[nH]nc2n1[C@H](c1ccccc1)CC2. The first-order chi connectivity index (χ1) is 7.36. The topological polar surface area (TPSA) is 50.7 Å². The summed E-state index contributed by atoms with van der Waals surface area (Å²) in [5.74, 6) is 0.869. The van der Waals surface area contributed by atoms with Gasteiger partial charge in [0.15, 0.2) is 0 Å². The quantitative estimate of drug-likeness (QED) is 0.751. The summed E-state index contributed by atoms with van der Waals surface area (Å²) in [5.41, 5.74) is 1.08. The monoisotopic (exact) mass is 201 g/mol. The molecule has 1 aliphatic rings. The van der Waals surface area contributed by atoms with Crippen LogP contribution in [0, 0.1) is 0 Å². The summed E-state index contributed by atoms with van der Waals surface area (Å²) in [6.45, 7) is 0. The minimum atomic E-state index is -0.101. The van der Waals surface area contributed by atoms with Gasteiger partial charge in [0.25, 0.3) is 0 Å². The highest BCUT2D eigenvalue weighted by Crippen LogP contribution is 2.28. The Labute approximate surface area is 86.6 Å². The van der Waals surface area contributed by atoms with E-state index in [1.54, 1.807) is 4.57 Å². The highest BCUT2D eigenvalue weighted by molar-refractivity contribution is 5.22. The Bertz CT molecular complexity index is 526. The van der Waals surface area contributed by atoms with Gasteiger partial charge in [0.2, 0.25) is 0 Å². The van der Waals surface area contributed by atoms with Crippen LogP contribution in [-0.4, -0.2) is 14.8 Å². The Kier molecular flexibility index (Phi) is 1.74. The lowest BCUT2D eigenvalue weighted by Crippen LogP contribution is -2.20. The van der Waals surface area contributed by atoms with Gasteiger partial charge in [0.05, 0.1) is 6.04 Å².